The predicted molar refractivity (Wildman–Crippen MR) is 110 cm³/mol. The van der Waals surface area contributed by atoms with Crippen LogP contribution in [0.15, 0.2) is 28.8 Å². The van der Waals surface area contributed by atoms with Gasteiger partial charge >= 0.3 is 0 Å². The van der Waals surface area contributed by atoms with Crippen LogP contribution in [0.25, 0.3) is 0 Å². The largest absolute Gasteiger partial charge is 0.492 e. The Morgan fingerprint density at radius 3 is 2.83 bits per heavy atom. The molecule has 1 aromatic heterocycles. The number of carbonyl (C=O) groups excluding carboxylic acids is 1. The van der Waals surface area contributed by atoms with Crippen LogP contribution in [0.5, 0.6) is 5.75 Å². The lowest BCUT2D eigenvalue weighted by molar-refractivity contribution is -0.120. The van der Waals surface area contributed by atoms with Gasteiger partial charge in [-0.15, -0.1) is 0 Å². The Morgan fingerprint density at radius 2 is 2.10 bits per heavy atom. The van der Waals surface area contributed by atoms with Gasteiger partial charge in [0.25, 0.3) is 0 Å². The van der Waals surface area contributed by atoms with Crippen molar-refractivity contribution in [2.45, 2.75) is 45.7 Å². The van der Waals surface area contributed by atoms with Gasteiger partial charge in [-0.05, 0) is 51.4 Å². The molecule has 158 valence electrons. The molecule has 1 N–H and O–H groups in total. The first-order chi connectivity index (χ1) is 14.0. The molecule has 0 bridgehead atoms. The number of aromatic nitrogens is 1. The highest BCUT2D eigenvalue weighted by Crippen LogP contribution is 2.16. The van der Waals surface area contributed by atoms with Crippen molar-refractivity contribution < 1.29 is 18.8 Å². The third-order valence-electron chi connectivity index (χ3n) is 5.43. The van der Waals surface area contributed by atoms with Gasteiger partial charge in [0, 0.05) is 37.9 Å². The molecule has 29 heavy (non-hydrogen) atoms. The SMILES string of the molecule is Cc1noc(C)c1CC(=O)NCc1cccc(OCCN(C)C2CCOCC2)c1. The monoisotopic (exact) mass is 401 g/mol. The molecule has 0 atom stereocenters. The molecule has 1 fully saturated rings. The second kappa shape index (κ2) is 10.4. The van der Waals surface area contributed by atoms with Gasteiger partial charge in [0.1, 0.15) is 18.1 Å². The average molecular weight is 402 g/mol. The molecule has 0 saturated carbocycles. The van der Waals surface area contributed by atoms with Gasteiger partial charge in [0.2, 0.25) is 5.91 Å². The molecule has 0 unspecified atom stereocenters. The van der Waals surface area contributed by atoms with E-state index in [1.165, 1.54) is 0 Å². The predicted octanol–water partition coefficient (Wildman–Crippen LogP) is 2.64. The van der Waals surface area contributed by atoms with E-state index in [0.717, 1.165) is 55.2 Å². The summed E-state index contributed by atoms with van der Waals surface area (Å²) in [6.45, 7) is 7.34. The quantitative estimate of drug-likeness (QED) is 0.696. The zero-order valence-corrected chi connectivity index (χ0v) is 17.6. The van der Waals surface area contributed by atoms with Gasteiger partial charge in [-0.3, -0.25) is 9.69 Å². The molecular weight excluding hydrogens is 370 g/mol. The van der Waals surface area contributed by atoms with Gasteiger partial charge in [0.05, 0.1) is 12.1 Å². The van der Waals surface area contributed by atoms with Crippen LogP contribution in [-0.2, 0) is 22.5 Å². The Balaban J connectivity index is 1.42. The molecule has 1 amide bonds. The van der Waals surface area contributed by atoms with E-state index >= 15 is 0 Å². The highest BCUT2D eigenvalue weighted by molar-refractivity contribution is 5.79. The number of benzene rings is 1. The normalized spacial score (nSPS) is 14.9. The minimum atomic E-state index is -0.0520. The molecule has 3 rings (SSSR count). The van der Waals surface area contributed by atoms with Crippen molar-refractivity contribution >= 4 is 5.91 Å². The summed E-state index contributed by atoms with van der Waals surface area (Å²) in [5.74, 6) is 1.46. The number of hydrogen-bond acceptors (Lipinski definition) is 6. The van der Waals surface area contributed by atoms with Crippen LogP contribution >= 0.6 is 0 Å². The number of amides is 1. The van der Waals surface area contributed by atoms with E-state index in [0.29, 0.717) is 25.0 Å². The molecule has 1 aliphatic heterocycles. The topological polar surface area (TPSA) is 76.8 Å². The number of nitrogens with one attached hydrogen (secondary N) is 1. The van der Waals surface area contributed by atoms with E-state index in [4.69, 9.17) is 14.0 Å². The lowest BCUT2D eigenvalue weighted by atomic mass is 10.1. The Kier molecular flexibility index (Phi) is 7.66. The van der Waals surface area contributed by atoms with Crippen LogP contribution in [0.2, 0.25) is 0 Å². The molecule has 2 aromatic rings. The van der Waals surface area contributed by atoms with E-state index in [9.17, 15) is 4.79 Å². The van der Waals surface area contributed by atoms with Crippen LogP contribution in [0.3, 0.4) is 0 Å². The number of ether oxygens (including phenoxy) is 2. The van der Waals surface area contributed by atoms with Crippen LogP contribution in [0.4, 0.5) is 0 Å². The summed E-state index contributed by atoms with van der Waals surface area (Å²) < 4.78 is 16.5. The Morgan fingerprint density at radius 1 is 1.31 bits per heavy atom. The molecule has 1 aliphatic rings. The highest BCUT2D eigenvalue weighted by atomic mass is 16.5. The second-order valence-corrected chi connectivity index (χ2v) is 7.58. The lowest BCUT2D eigenvalue weighted by Gasteiger charge is -2.31. The van der Waals surface area contributed by atoms with Crippen molar-refractivity contribution in [3.63, 3.8) is 0 Å². The summed E-state index contributed by atoms with van der Waals surface area (Å²) in [5.41, 5.74) is 2.62. The highest BCUT2D eigenvalue weighted by Gasteiger charge is 2.18. The maximum absolute atomic E-state index is 12.2. The van der Waals surface area contributed by atoms with Crippen LogP contribution in [0, 0.1) is 13.8 Å². The Bertz CT molecular complexity index is 780. The van der Waals surface area contributed by atoms with Crippen molar-refractivity contribution in [1.82, 2.24) is 15.4 Å². The molecule has 7 nitrogen and oxygen atoms in total. The van der Waals surface area contributed by atoms with Gasteiger partial charge in [0.15, 0.2) is 0 Å². The molecule has 0 aliphatic carbocycles. The average Bonchev–Trinajstić information content (AvgIpc) is 3.05. The minimum Gasteiger partial charge on any atom is -0.492 e. The van der Waals surface area contributed by atoms with Crippen molar-refractivity contribution in [3.8, 4) is 5.75 Å². The van der Waals surface area contributed by atoms with Crippen molar-refractivity contribution in [2.24, 2.45) is 0 Å². The minimum absolute atomic E-state index is 0.0520. The number of likely N-dealkylation sites (N-methyl/N-ethyl adjacent to an activating group) is 1. The Labute approximate surface area is 172 Å². The Hall–Kier alpha value is -2.38. The number of hydrogen-bond donors (Lipinski definition) is 1. The van der Waals surface area contributed by atoms with Crippen molar-refractivity contribution in [1.29, 1.82) is 0 Å². The molecule has 0 radical (unpaired) electrons. The third kappa shape index (κ3) is 6.30. The number of rotatable bonds is 9. The van der Waals surface area contributed by atoms with E-state index < -0.39 is 0 Å². The molecule has 1 aromatic carbocycles. The van der Waals surface area contributed by atoms with Crippen LogP contribution < -0.4 is 10.1 Å². The van der Waals surface area contributed by atoms with E-state index in [-0.39, 0.29) is 12.3 Å². The number of nitrogens with zero attached hydrogens (tertiary/aromatic N) is 2. The molecular formula is C22H31N3O4. The summed E-state index contributed by atoms with van der Waals surface area (Å²) in [5, 5.41) is 6.84. The lowest BCUT2D eigenvalue weighted by Crippen LogP contribution is -2.38. The fraction of sp³-hybridized carbons (Fsp3) is 0.545. The van der Waals surface area contributed by atoms with E-state index in [1.807, 2.05) is 38.1 Å². The number of carbonyl (C=O) groups is 1. The molecule has 7 heteroatoms. The maximum Gasteiger partial charge on any atom is 0.224 e. The molecule has 0 spiro atoms. The smallest absolute Gasteiger partial charge is 0.224 e. The molecule has 2 heterocycles. The van der Waals surface area contributed by atoms with Gasteiger partial charge in [-0.25, -0.2) is 0 Å². The van der Waals surface area contributed by atoms with Gasteiger partial charge in [-0.2, -0.15) is 0 Å². The fourth-order valence-corrected chi connectivity index (χ4v) is 3.54. The van der Waals surface area contributed by atoms with Crippen molar-refractivity contribution in [3.05, 3.63) is 46.8 Å². The van der Waals surface area contributed by atoms with Crippen molar-refractivity contribution in [2.75, 3.05) is 33.4 Å². The maximum atomic E-state index is 12.2. The van der Waals surface area contributed by atoms with Gasteiger partial charge < -0.3 is 19.3 Å². The van der Waals surface area contributed by atoms with Crippen LogP contribution in [0.1, 0.15) is 35.4 Å². The van der Waals surface area contributed by atoms with Gasteiger partial charge in [-0.1, -0.05) is 17.3 Å². The summed E-state index contributed by atoms with van der Waals surface area (Å²) in [6.07, 6.45) is 2.44. The first-order valence-electron chi connectivity index (χ1n) is 10.2. The van der Waals surface area contributed by atoms with E-state index in [1.54, 1.807) is 0 Å². The standard InChI is InChI=1S/C22H31N3O4/c1-16-21(17(2)29-24-16)14-22(26)23-15-18-5-4-6-20(13-18)28-12-9-25(3)19-7-10-27-11-8-19/h4-6,13,19H,7-12,14-15H2,1-3H3,(H,23,26). The first-order valence-corrected chi connectivity index (χ1v) is 10.2. The summed E-state index contributed by atoms with van der Waals surface area (Å²) in [7, 11) is 2.14. The third-order valence-corrected chi connectivity index (χ3v) is 5.43. The zero-order valence-electron chi connectivity index (χ0n) is 17.6. The summed E-state index contributed by atoms with van der Waals surface area (Å²) in [4.78, 5) is 14.6. The zero-order chi connectivity index (χ0) is 20.6. The molecule has 1 saturated heterocycles. The summed E-state index contributed by atoms with van der Waals surface area (Å²) in [6, 6.07) is 8.44. The fourth-order valence-electron chi connectivity index (χ4n) is 3.54. The van der Waals surface area contributed by atoms with E-state index in [2.05, 4.69) is 22.4 Å². The summed E-state index contributed by atoms with van der Waals surface area (Å²) >= 11 is 0. The number of aryl methyl sites for hydroxylation is 2. The second-order valence-electron chi connectivity index (χ2n) is 7.58. The van der Waals surface area contributed by atoms with Crippen LogP contribution in [-0.4, -0.2) is 55.4 Å². The first kappa shape index (κ1) is 21.3.